The number of H-pyrrole nitrogens is 1. The second-order valence-electron chi connectivity index (χ2n) is 18.0. The predicted octanol–water partition coefficient (Wildman–Crippen LogP) is 6.50. The fourth-order valence-electron chi connectivity index (χ4n) is 11.2. The number of piperidine rings is 3. The van der Waals surface area contributed by atoms with Crippen molar-refractivity contribution in [3.8, 4) is 0 Å². The number of nitrogens with one attached hydrogen (secondary N) is 2. The number of carbonyl (C=O) groups is 3. The molecule has 2 N–H and O–H groups in total. The predicted molar refractivity (Wildman–Crippen MR) is 219 cm³/mol. The minimum Gasteiger partial charge on any atom is -0.371 e. The van der Waals surface area contributed by atoms with Crippen molar-refractivity contribution >= 4 is 34.3 Å². The molecule has 1 unspecified atom stereocenters. The van der Waals surface area contributed by atoms with Crippen LogP contribution in [-0.2, 0) is 35.6 Å². The van der Waals surface area contributed by atoms with Crippen molar-refractivity contribution < 1.29 is 31.9 Å². The fraction of sp³-hybridized carbons (Fsp3) is 0.500. The van der Waals surface area contributed by atoms with Crippen molar-refractivity contribution in [3.05, 3.63) is 99.2 Å². The van der Waals surface area contributed by atoms with Crippen molar-refractivity contribution in [2.24, 2.45) is 5.92 Å². The van der Waals surface area contributed by atoms with Gasteiger partial charge in [-0.2, -0.15) is 0 Å². The number of aromatic amines is 1. The Kier molecular flexibility index (Phi) is 10.2. The standard InChI is InChI=1S/C46H51F4N7O3/c1-26-16-35-33-4-2-3-5-38(33)51-43(35)44(56(26)25-40(49)50)42-36(47)19-32(20-37(42)48)54-14-8-27(9-15-54)21-53-12-10-31(11-13-53)55-22-28-17-30-24-57(39-6-7-41(58)52-45(39)59)46(60)34(30)18-29(28)23-55/h2-5,17-20,26-27,31,39-40,44,51H,6-16,21-25H2,1H3,(H,52,58,59)/t26-,39?,44-/m1/s1. The zero-order chi connectivity index (χ0) is 41.4. The molecule has 14 heteroatoms. The molecule has 6 aliphatic rings. The molecule has 3 aromatic carbocycles. The van der Waals surface area contributed by atoms with Crippen LogP contribution in [0.3, 0.4) is 0 Å². The molecule has 316 valence electrons. The number of carbonyl (C=O) groups excluding carboxylic acids is 3. The first-order chi connectivity index (χ1) is 29.0. The lowest BCUT2D eigenvalue weighted by molar-refractivity contribution is -0.136. The summed E-state index contributed by atoms with van der Waals surface area (Å²) in [6.45, 7) is 7.69. The van der Waals surface area contributed by atoms with Crippen molar-refractivity contribution in [2.75, 3.05) is 44.2 Å². The lowest BCUT2D eigenvalue weighted by atomic mass is 9.88. The van der Waals surface area contributed by atoms with E-state index in [1.54, 1.807) is 4.90 Å². The third-order valence-electron chi connectivity index (χ3n) is 14.4. The molecule has 1 aromatic heterocycles. The summed E-state index contributed by atoms with van der Waals surface area (Å²) < 4.78 is 60.4. The number of aromatic nitrogens is 1. The van der Waals surface area contributed by atoms with Crippen LogP contribution in [0.2, 0.25) is 0 Å². The highest BCUT2D eigenvalue weighted by Crippen LogP contribution is 2.44. The highest BCUT2D eigenvalue weighted by atomic mass is 19.3. The van der Waals surface area contributed by atoms with Crippen LogP contribution >= 0.6 is 0 Å². The molecular formula is C46H51F4N7O3. The third kappa shape index (κ3) is 7.07. The van der Waals surface area contributed by atoms with Gasteiger partial charge in [-0.3, -0.25) is 29.5 Å². The molecule has 3 atom stereocenters. The summed E-state index contributed by atoms with van der Waals surface area (Å²) in [7, 11) is 0. The number of alkyl halides is 2. The minimum atomic E-state index is -2.65. The van der Waals surface area contributed by atoms with Crippen LogP contribution in [0, 0.1) is 17.6 Å². The SMILES string of the molecule is C[C@@H]1Cc2c([nH]c3ccccc23)[C@@H](c2c(F)cc(N3CCC(CN4CCC(N5Cc6cc7c(cc6C5)C(=O)N(C5CCC(=O)NC5=O)C7)CC4)CC3)cc2F)N1CC(F)F. The number of likely N-dealkylation sites (tertiary alicyclic amines) is 1. The molecule has 10 rings (SSSR count). The van der Waals surface area contributed by atoms with Gasteiger partial charge >= 0.3 is 0 Å². The average Bonchev–Trinajstić information content (AvgIpc) is 3.91. The van der Waals surface area contributed by atoms with Crippen LogP contribution in [0.1, 0.15) is 95.4 Å². The van der Waals surface area contributed by atoms with Crippen LogP contribution < -0.4 is 10.2 Å². The lowest BCUT2D eigenvalue weighted by Crippen LogP contribution is -2.52. The van der Waals surface area contributed by atoms with Crippen LogP contribution in [0.15, 0.2) is 48.5 Å². The zero-order valence-electron chi connectivity index (χ0n) is 33.9. The van der Waals surface area contributed by atoms with E-state index in [-0.39, 0.29) is 29.8 Å². The number of hydrogen-bond donors (Lipinski definition) is 2. The maximum Gasteiger partial charge on any atom is 0.255 e. The normalized spacial score (nSPS) is 24.8. The Morgan fingerprint density at radius 2 is 1.55 bits per heavy atom. The maximum atomic E-state index is 16.3. The summed E-state index contributed by atoms with van der Waals surface area (Å²) in [4.78, 5) is 51.1. The number of fused-ring (bicyclic) bond motifs is 5. The summed E-state index contributed by atoms with van der Waals surface area (Å²) in [6.07, 6.45) is 2.41. The number of halogens is 4. The number of benzene rings is 3. The Morgan fingerprint density at radius 3 is 2.27 bits per heavy atom. The topological polar surface area (TPSA) is 95.2 Å². The largest absolute Gasteiger partial charge is 0.371 e. The van der Waals surface area contributed by atoms with Gasteiger partial charge in [0, 0.05) is 91.2 Å². The quantitative estimate of drug-likeness (QED) is 0.155. The summed E-state index contributed by atoms with van der Waals surface area (Å²) in [5.74, 6) is -1.76. The number of anilines is 1. The van der Waals surface area contributed by atoms with Gasteiger partial charge in [-0.1, -0.05) is 24.3 Å². The first-order valence-electron chi connectivity index (χ1n) is 21.6. The Morgan fingerprint density at radius 1 is 0.833 bits per heavy atom. The second-order valence-corrected chi connectivity index (χ2v) is 18.0. The maximum absolute atomic E-state index is 16.3. The van der Waals surface area contributed by atoms with E-state index in [0.29, 0.717) is 61.4 Å². The number of imide groups is 1. The molecule has 7 heterocycles. The van der Waals surface area contributed by atoms with Crippen molar-refractivity contribution in [1.29, 1.82) is 0 Å². The van der Waals surface area contributed by atoms with Gasteiger partial charge in [-0.25, -0.2) is 17.6 Å². The van der Waals surface area contributed by atoms with Gasteiger partial charge in [0.1, 0.15) is 17.7 Å². The van der Waals surface area contributed by atoms with Crippen LogP contribution in [0.5, 0.6) is 0 Å². The number of amides is 3. The minimum absolute atomic E-state index is 0.132. The van der Waals surface area contributed by atoms with Crippen LogP contribution in [-0.4, -0.2) is 106 Å². The van der Waals surface area contributed by atoms with Gasteiger partial charge in [0.25, 0.3) is 12.3 Å². The number of rotatable bonds is 8. The van der Waals surface area contributed by atoms with E-state index in [1.807, 2.05) is 42.2 Å². The van der Waals surface area contributed by atoms with Crippen LogP contribution in [0.25, 0.3) is 10.9 Å². The molecular weight excluding hydrogens is 775 g/mol. The zero-order valence-corrected chi connectivity index (χ0v) is 33.9. The molecule has 0 aliphatic carbocycles. The number of hydrogen-bond acceptors (Lipinski definition) is 7. The van der Waals surface area contributed by atoms with Crippen molar-refractivity contribution in [3.63, 3.8) is 0 Å². The van der Waals surface area contributed by atoms with Gasteiger partial charge in [0.05, 0.1) is 12.6 Å². The molecule has 3 fully saturated rings. The second kappa shape index (κ2) is 15.6. The number of para-hydroxylation sites is 1. The lowest BCUT2D eigenvalue weighted by Gasteiger charge is -2.41. The average molecular weight is 826 g/mol. The molecule has 0 bridgehead atoms. The van der Waals surface area contributed by atoms with E-state index < -0.39 is 42.6 Å². The van der Waals surface area contributed by atoms with Gasteiger partial charge in [0.15, 0.2) is 0 Å². The smallest absolute Gasteiger partial charge is 0.255 e. The Bertz CT molecular complexity index is 2330. The van der Waals surface area contributed by atoms with E-state index in [9.17, 15) is 23.2 Å². The van der Waals surface area contributed by atoms with Crippen molar-refractivity contribution in [1.82, 2.24) is 29.9 Å². The van der Waals surface area contributed by atoms with Gasteiger partial charge < -0.3 is 19.7 Å². The number of nitrogens with zero attached hydrogens (tertiary/aromatic N) is 5. The van der Waals surface area contributed by atoms with Crippen molar-refractivity contribution in [2.45, 2.75) is 102 Å². The van der Waals surface area contributed by atoms with Gasteiger partial charge in [-0.05, 0) is 111 Å². The highest BCUT2D eigenvalue weighted by molar-refractivity contribution is 6.05. The summed E-state index contributed by atoms with van der Waals surface area (Å²) in [6, 6.07) is 13.1. The third-order valence-corrected chi connectivity index (χ3v) is 14.4. The van der Waals surface area contributed by atoms with E-state index in [1.165, 1.54) is 28.2 Å². The summed E-state index contributed by atoms with van der Waals surface area (Å²) >= 11 is 0. The molecule has 10 nitrogen and oxygen atoms in total. The monoisotopic (exact) mass is 825 g/mol. The molecule has 3 saturated heterocycles. The molecule has 4 aromatic rings. The first-order valence-corrected chi connectivity index (χ1v) is 21.6. The molecule has 0 spiro atoms. The molecule has 6 aliphatic heterocycles. The Hall–Kier alpha value is -4.79. The van der Waals surface area contributed by atoms with Gasteiger partial charge in [-0.15, -0.1) is 0 Å². The fourth-order valence-corrected chi connectivity index (χ4v) is 11.2. The molecule has 60 heavy (non-hydrogen) atoms. The molecule has 0 radical (unpaired) electrons. The van der Waals surface area contributed by atoms with E-state index in [2.05, 4.69) is 26.2 Å². The van der Waals surface area contributed by atoms with E-state index >= 15 is 8.78 Å². The van der Waals surface area contributed by atoms with Crippen LogP contribution in [0.4, 0.5) is 23.2 Å². The van der Waals surface area contributed by atoms with E-state index in [0.717, 1.165) is 80.4 Å². The Labute approximate surface area is 346 Å². The molecule has 3 amide bonds. The summed E-state index contributed by atoms with van der Waals surface area (Å²) in [5, 5.41) is 3.33. The highest BCUT2D eigenvalue weighted by Gasteiger charge is 2.42. The molecule has 0 saturated carbocycles. The Balaban J connectivity index is 0.737. The summed E-state index contributed by atoms with van der Waals surface area (Å²) in [5.41, 5.74) is 6.68. The van der Waals surface area contributed by atoms with E-state index in [4.69, 9.17) is 0 Å². The van der Waals surface area contributed by atoms with Gasteiger partial charge in [0.2, 0.25) is 11.8 Å². The first kappa shape index (κ1) is 39.4.